The molecule has 3 nitrogen and oxygen atoms in total. The van der Waals surface area contributed by atoms with Crippen molar-refractivity contribution in [3.05, 3.63) is 22.2 Å². The Morgan fingerprint density at radius 3 is 2.70 bits per heavy atom. The van der Waals surface area contributed by atoms with Gasteiger partial charge in [-0.05, 0) is 53.4 Å². The second-order valence-electron chi connectivity index (χ2n) is 6.08. The summed E-state index contributed by atoms with van der Waals surface area (Å²) in [5.41, 5.74) is 1.53. The molecule has 1 aliphatic carbocycles. The quantitative estimate of drug-likeness (QED) is 0.901. The fourth-order valence-corrected chi connectivity index (χ4v) is 3.69. The topological polar surface area (TPSA) is 30.5 Å². The van der Waals surface area contributed by atoms with Crippen molar-refractivity contribution in [2.24, 2.45) is 0 Å². The summed E-state index contributed by atoms with van der Waals surface area (Å²) in [5, 5.41) is 3.73. The van der Waals surface area contributed by atoms with Crippen LogP contribution >= 0.6 is 15.9 Å². The lowest BCUT2D eigenvalue weighted by atomic mass is 9.83. The maximum absolute atomic E-state index is 5.68. The second-order valence-corrected chi connectivity index (χ2v) is 6.93. The van der Waals surface area contributed by atoms with E-state index in [2.05, 4.69) is 40.3 Å². The van der Waals surface area contributed by atoms with Gasteiger partial charge in [0, 0.05) is 12.1 Å². The summed E-state index contributed by atoms with van der Waals surface area (Å²) in [4.78, 5) is 0. The molecule has 0 amide bonds. The molecule has 3 rings (SSSR count). The molecule has 0 aromatic heterocycles. The molecule has 1 heterocycles. The highest BCUT2D eigenvalue weighted by Gasteiger charge is 2.26. The largest absolute Gasteiger partial charge is 0.486 e. The van der Waals surface area contributed by atoms with E-state index in [0.29, 0.717) is 13.2 Å². The lowest BCUT2D eigenvalue weighted by Gasteiger charge is -2.35. The molecule has 2 aliphatic rings. The van der Waals surface area contributed by atoms with Crippen molar-refractivity contribution in [3.8, 4) is 11.5 Å². The van der Waals surface area contributed by atoms with Gasteiger partial charge in [0.05, 0.1) is 4.47 Å². The Labute approximate surface area is 129 Å². The van der Waals surface area contributed by atoms with E-state index >= 15 is 0 Å². The van der Waals surface area contributed by atoms with Crippen molar-refractivity contribution >= 4 is 15.9 Å². The zero-order chi connectivity index (χ0) is 14.0. The molecule has 0 radical (unpaired) electrons. The summed E-state index contributed by atoms with van der Waals surface area (Å²) in [6.45, 7) is 4.49. The van der Waals surface area contributed by atoms with Gasteiger partial charge >= 0.3 is 0 Å². The van der Waals surface area contributed by atoms with Crippen molar-refractivity contribution in [2.75, 3.05) is 13.2 Å². The zero-order valence-corrected chi connectivity index (χ0v) is 13.6. The maximum atomic E-state index is 5.68. The van der Waals surface area contributed by atoms with E-state index in [4.69, 9.17) is 9.47 Å². The van der Waals surface area contributed by atoms with Crippen LogP contribution in [0.2, 0.25) is 0 Å². The van der Waals surface area contributed by atoms with E-state index in [-0.39, 0.29) is 5.54 Å². The number of ether oxygens (including phenoxy) is 2. The first-order valence-electron chi connectivity index (χ1n) is 7.49. The van der Waals surface area contributed by atoms with Crippen LogP contribution in [0.25, 0.3) is 0 Å². The van der Waals surface area contributed by atoms with E-state index < -0.39 is 0 Å². The highest BCUT2D eigenvalue weighted by molar-refractivity contribution is 9.10. The number of nitrogens with one attached hydrogen (secondary N) is 1. The molecule has 1 aromatic rings. The predicted molar refractivity (Wildman–Crippen MR) is 83.5 cm³/mol. The average molecular weight is 340 g/mol. The number of hydrogen-bond donors (Lipinski definition) is 1. The molecule has 4 heteroatoms. The van der Waals surface area contributed by atoms with Crippen molar-refractivity contribution in [2.45, 2.75) is 51.1 Å². The fourth-order valence-electron chi connectivity index (χ4n) is 3.09. The van der Waals surface area contributed by atoms with Crippen LogP contribution in [0.5, 0.6) is 11.5 Å². The van der Waals surface area contributed by atoms with Crippen molar-refractivity contribution in [3.63, 3.8) is 0 Å². The van der Waals surface area contributed by atoms with Crippen LogP contribution in [-0.2, 0) is 6.54 Å². The first-order valence-corrected chi connectivity index (χ1v) is 8.29. The van der Waals surface area contributed by atoms with Crippen molar-refractivity contribution in [1.82, 2.24) is 5.32 Å². The first-order chi connectivity index (χ1) is 9.66. The molecule has 0 spiro atoms. The van der Waals surface area contributed by atoms with Gasteiger partial charge in [-0.3, -0.25) is 0 Å². The summed E-state index contributed by atoms with van der Waals surface area (Å²) < 4.78 is 12.3. The summed E-state index contributed by atoms with van der Waals surface area (Å²) in [5.74, 6) is 1.69. The highest BCUT2D eigenvalue weighted by atomic mass is 79.9. The van der Waals surface area contributed by atoms with Crippen molar-refractivity contribution < 1.29 is 9.47 Å². The molecular weight excluding hydrogens is 318 g/mol. The van der Waals surface area contributed by atoms with Gasteiger partial charge in [-0.25, -0.2) is 0 Å². The van der Waals surface area contributed by atoms with Gasteiger partial charge in [0.15, 0.2) is 11.5 Å². The predicted octanol–water partition coefficient (Wildman–Crippen LogP) is 4.03. The monoisotopic (exact) mass is 339 g/mol. The molecule has 0 atom stereocenters. The molecule has 1 fully saturated rings. The molecule has 1 aliphatic heterocycles. The molecule has 0 saturated heterocycles. The lowest BCUT2D eigenvalue weighted by Crippen LogP contribution is -2.43. The average Bonchev–Trinajstić information content (AvgIpc) is 2.46. The molecule has 1 N–H and O–H groups in total. The summed E-state index contributed by atoms with van der Waals surface area (Å²) in [6.07, 6.45) is 6.62. The van der Waals surface area contributed by atoms with Crippen LogP contribution in [0.4, 0.5) is 0 Å². The molecule has 0 bridgehead atoms. The summed E-state index contributed by atoms with van der Waals surface area (Å²) >= 11 is 3.58. The van der Waals surface area contributed by atoms with E-state index in [1.54, 1.807) is 0 Å². The normalized spacial score (nSPS) is 20.7. The van der Waals surface area contributed by atoms with E-state index in [1.165, 1.54) is 37.7 Å². The Morgan fingerprint density at radius 1 is 1.15 bits per heavy atom. The summed E-state index contributed by atoms with van der Waals surface area (Å²) in [6, 6.07) is 4.23. The Bertz CT molecular complexity index is 484. The van der Waals surface area contributed by atoms with E-state index in [0.717, 1.165) is 22.5 Å². The number of halogens is 1. The van der Waals surface area contributed by atoms with Gasteiger partial charge in [0.25, 0.3) is 0 Å². The van der Waals surface area contributed by atoms with Gasteiger partial charge in [-0.15, -0.1) is 0 Å². The van der Waals surface area contributed by atoms with Crippen LogP contribution in [-0.4, -0.2) is 18.8 Å². The maximum Gasteiger partial charge on any atom is 0.175 e. The highest BCUT2D eigenvalue weighted by Crippen LogP contribution is 2.38. The lowest BCUT2D eigenvalue weighted by molar-refractivity contribution is 0.170. The molecule has 1 saturated carbocycles. The SMILES string of the molecule is CC1(NCc2cc(Br)c3c(c2)OCCO3)CCCCC1. The standard InChI is InChI=1S/C16H22BrNO2/c1-16(5-3-2-4-6-16)18-11-12-9-13(17)15-14(10-12)19-7-8-20-15/h9-10,18H,2-8,11H2,1H3. The Morgan fingerprint density at radius 2 is 1.90 bits per heavy atom. The first kappa shape index (κ1) is 14.2. The minimum atomic E-state index is 0.290. The Hall–Kier alpha value is -0.740. The number of benzene rings is 1. The van der Waals surface area contributed by atoms with Crippen LogP contribution in [0, 0.1) is 0 Å². The van der Waals surface area contributed by atoms with Crippen LogP contribution in [0.1, 0.15) is 44.6 Å². The molecule has 0 unspecified atom stereocenters. The number of fused-ring (bicyclic) bond motifs is 1. The minimum Gasteiger partial charge on any atom is -0.486 e. The smallest absolute Gasteiger partial charge is 0.175 e. The number of rotatable bonds is 3. The van der Waals surface area contributed by atoms with E-state index in [1.807, 2.05) is 0 Å². The zero-order valence-electron chi connectivity index (χ0n) is 12.0. The molecule has 20 heavy (non-hydrogen) atoms. The van der Waals surface area contributed by atoms with Gasteiger partial charge < -0.3 is 14.8 Å². The summed E-state index contributed by atoms with van der Waals surface area (Å²) in [7, 11) is 0. The molecular formula is C16H22BrNO2. The second kappa shape index (κ2) is 5.94. The number of hydrogen-bond acceptors (Lipinski definition) is 3. The Balaban J connectivity index is 1.70. The molecule has 1 aromatic carbocycles. The third-order valence-electron chi connectivity index (χ3n) is 4.33. The Kier molecular flexibility index (Phi) is 4.22. The third-order valence-corrected chi connectivity index (χ3v) is 4.92. The third kappa shape index (κ3) is 3.12. The van der Waals surface area contributed by atoms with Gasteiger partial charge in [-0.1, -0.05) is 19.3 Å². The van der Waals surface area contributed by atoms with Crippen LogP contribution in [0.3, 0.4) is 0 Å². The van der Waals surface area contributed by atoms with Crippen molar-refractivity contribution in [1.29, 1.82) is 0 Å². The molecule has 110 valence electrons. The van der Waals surface area contributed by atoms with Crippen LogP contribution in [0.15, 0.2) is 16.6 Å². The van der Waals surface area contributed by atoms with Gasteiger partial charge in [0.1, 0.15) is 13.2 Å². The van der Waals surface area contributed by atoms with Gasteiger partial charge in [-0.2, -0.15) is 0 Å². The van der Waals surface area contributed by atoms with E-state index in [9.17, 15) is 0 Å². The fraction of sp³-hybridized carbons (Fsp3) is 0.625. The van der Waals surface area contributed by atoms with Gasteiger partial charge in [0.2, 0.25) is 0 Å². The minimum absolute atomic E-state index is 0.290. The van der Waals surface area contributed by atoms with Crippen LogP contribution < -0.4 is 14.8 Å².